The monoisotopic (exact) mass is 442 g/mol. The van der Waals surface area contributed by atoms with Gasteiger partial charge in [-0.25, -0.2) is 0 Å². The Morgan fingerprint density at radius 2 is 1.41 bits per heavy atom. The Hall–Kier alpha value is -0.370. The van der Waals surface area contributed by atoms with Crippen molar-refractivity contribution in [3.63, 3.8) is 0 Å². The van der Waals surface area contributed by atoms with E-state index in [0.29, 0.717) is 34.4 Å². The first kappa shape index (κ1) is 23.4. The molecular formula is C30H50O2. The number of ketones is 1. The molecule has 0 aliphatic heterocycles. The molecule has 5 aliphatic carbocycles. The third-order valence-electron chi connectivity index (χ3n) is 13.8. The maximum absolute atomic E-state index is 12.7. The number of rotatable bonds is 0. The van der Waals surface area contributed by atoms with Crippen molar-refractivity contribution in [1.82, 2.24) is 0 Å². The molecule has 2 nitrogen and oxygen atoms in total. The third-order valence-corrected chi connectivity index (χ3v) is 13.8. The second-order valence-electron chi connectivity index (χ2n) is 15.4. The number of aliphatic hydroxyl groups excluding tert-OH is 1. The molecule has 32 heavy (non-hydrogen) atoms. The van der Waals surface area contributed by atoms with Crippen LogP contribution < -0.4 is 0 Å². The molecule has 0 heterocycles. The zero-order valence-corrected chi connectivity index (χ0v) is 22.3. The molecule has 2 heteroatoms. The average Bonchev–Trinajstić information content (AvgIpc) is 2.70. The van der Waals surface area contributed by atoms with Crippen LogP contribution in [0.2, 0.25) is 0 Å². The van der Waals surface area contributed by atoms with Gasteiger partial charge >= 0.3 is 0 Å². The predicted octanol–water partition coefficient (Wildman–Crippen LogP) is 7.43. The molecule has 0 radical (unpaired) electrons. The van der Waals surface area contributed by atoms with E-state index < -0.39 is 0 Å². The van der Waals surface area contributed by atoms with Crippen molar-refractivity contribution in [2.24, 2.45) is 56.2 Å². The summed E-state index contributed by atoms with van der Waals surface area (Å²) in [5.41, 5.74) is 1.33. The molecule has 0 spiro atoms. The standard InChI is InChI=1S/C30H50O2/c1-19-20(31)9-10-21-27(19,5)12-11-22-28(6)16-15-26(4)14-13-25(2,3)17-23(26)29(28,7)18-24(32)30(21,22)8/h19,21-24,32H,9-18H2,1-8H3/t19-,21+,22+,23+,24-,26+,27+,28+,29-,30-/m0/s1. The molecule has 0 aromatic heterocycles. The summed E-state index contributed by atoms with van der Waals surface area (Å²) in [7, 11) is 0. The van der Waals surface area contributed by atoms with Gasteiger partial charge in [-0.3, -0.25) is 4.79 Å². The van der Waals surface area contributed by atoms with E-state index in [4.69, 9.17) is 0 Å². The van der Waals surface area contributed by atoms with Crippen molar-refractivity contribution in [2.75, 3.05) is 0 Å². The number of aliphatic hydroxyl groups is 1. The predicted molar refractivity (Wildman–Crippen MR) is 131 cm³/mol. The van der Waals surface area contributed by atoms with Crippen molar-refractivity contribution in [3.8, 4) is 0 Å². The molecule has 5 aliphatic rings. The molecule has 0 amide bonds. The molecule has 5 saturated carbocycles. The maximum atomic E-state index is 12.7. The molecule has 0 bridgehead atoms. The minimum atomic E-state index is -0.247. The van der Waals surface area contributed by atoms with Gasteiger partial charge < -0.3 is 5.11 Å². The SMILES string of the molecule is C[C@H]1C(=O)CC[C@@H]2[C@]1(C)CC[C@H]1[C@@]2(C)[C@@H](O)C[C@@]2(C)[C@@H]3CC(C)(C)CC[C@]3(C)CC[C@]12C. The van der Waals surface area contributed by atoms with E-state index in [2.05, 4.69) is 55.4 Å². The lowest BCUT2D eigenvalue weighted by Crippen LogP contribution is -2.71. The quantitative estimate of drug-likeness (QED) is 0.423. The van der Waals surface area contributed by atoms with Gasteiger partial charge in [0, 0.05) is 17.8 Å². The lowest BCUT2D eigenvalue weighted by molar-refractivity contribution is -0.289. The number of Topliss-reactive ketones (excluding diaryl/α,β-unsaturated/α-hetero) is 1. The highest BCUT2D eigenvalue weighted by Gasteiger charge is 2.73. The van der Waals surface area contributed by atoms with Gasteiger partial charge in [-0.2, -0.15) is 0 Å². The van der Waals surface area contributed by atoms with Crippen LogP contribution in [0.5, 0.6) is 0 Å². The van der Waals surface area contributed by atoms with Gasteiger partial charge in [-0.1, -0.05) is 55.4 Å². The van der Waals surface area contributed by atoms with E-state index >= 15 is 0 Å². The lowest BCUT2D eigenvalue weighted by Gasteiger charge is -2.75. The fourth-order valence-electron chi connectivity index (χ4n) is 11.2. The van der Waals surface area contributed by atoms with E-state index in [1.165, 1.54) is 38.5 Å². The van der Waals surface area contributed by atoms with Crippen molar-refractivity contribution in [2.45, 2.75) is 126 Å². The summed E-state index contributed by atoms with van der Waals surface area (Å²) in [6, 6.07) is 0. The Kier molecular flexibility index (Phi) is 4.85. The minimum Gasteiger partial charge on any atom is -0.393 e. The first-order valence-corrected chi connectivity index (χ1v) is 13.8. The van der Waals surface area contributed by atoms with Crippen LogP contribution in [0, 0.1) is 56.2 Å². The number of fused-ring (bicyclic) bond motifs is 7. The number of carbonyl (C=O) groups is 1. The fraction of sp³-hybridized carbons (Fsp3) is 0.967. The minimum absolute atomic E-state index is 0.0572. The van der Waals surface area contributed by atoms with Crippen molar-refractivity contribution in [1.29, 1.82) is 0 Å². The number of hydrogen-bond donors (Lipinski definition) is 1. The van der Waals surface area contributed by atoms with Crippen LogP contribution in [-0.4, -0.2) is 17.0 Å². The van der Waals surface area contributed by atoms with Gasteiger partial charge in [0.1, 0.15) is 5.78 Å². The Morgan fingerprint density at radius 3 is 2.09 bits per heavy atom. The van der Waals surface area contributed by atoms with Gasteiger partial charge in [-0.15, -0.1) is 0 Å². The zero-order chi connectivity index (χ0) is 23.5. The third kappa shape index (κ3) is 2.66. The van der Waals surface area contributed by atoms with Crippen molar-refractivity contribution < 1.29 is 9.90 Å². The van der Waals surface area contributed by atoms with Crippen LogP contribution in [0.4, 0.5) is 0 Å². The molecule has 1 N–H and O–H groups in total. The number of hydrogen-bond acceptors (Lipinski definition) is 2. The van der Waals surface area contributed by atoms with Crippen LogP contribution >= 0.6 is 0 Å². The van der Waals surface area contributed by atoms with Crippen LogP contribution in [0.15, 0.2) is 0 Å². The molecule has 0 aromatic rings. The molecular weight excluding hydrogens is 392 g/mol. The Balaban J connectivity index is 1.59. The van der Waals surface area contributed by atoms with E-state index in [1.54, 1.807) is 0 Å². The maximum Gasteiger partial charge on any atom is 0.136 e. The average molecular weight is 443 g/mol. The van der Waals surface area contributed by atoms with E-state index in [1.807, 2.05) is 0 Å². The second-order valence-corrected chi connectivity index (χ2v) is 15.4. The fourth-order valence-corrected chi connectivity index (χ4v) is 11.2. The highest BCUT2D eigenvalue weighted by molar-refractivity contribution is 5.82. The lowest BCUT2D eigenvalue weighted by atomic mass is 9.29. The topological polar surface area (TPSA) is 37.3 Å². The Bertz CT molecular complexity index is 816. The van der Waals surface area contributed by atoms with Crippen LogP contribution in [0.3, 0.4) is 0 Å². The van der Waals surface area contributed by atoms with Crippen LogP contribution in [0.25, 0.3) is 0 Å². The summed E-state index contributed by atoms with van der Waals surface area (Å²) in [6.07, 6.45) is 11.5. The molecule has 182 valence electrons. The summed E-state index contributed by atoms with van der Waals surface area (Å²) in [5, 5.41) is 12.1. The molecule has 0 saturated heterocycles. The molecule has 5 fully saturated rings. The number of carbonyl (C=O) groups excluding carboxylic acids is 1. The van der Waals surface area contributed by atoms with E-state index in [0.717, 1.165) is 25.7 Å². The second kappa shape index (κ2) is 6.64. The Labute approximate surface area is 197 Å². The molecule has 10 atom stereocenters. The smallest absolute Gasteiger partial charge is 0.136 e. The van der Waals surface area contributed by atoms with Gasteiger partial charge in [-0.05, 0) is 103 Å². The highest BCUT2D eigenvalue weighted by Crippen LogP contribution is 2.78. The largest absolute Gasteiger partial charge is 0.393 e. The van der Waals surface area contributed by atoms with Crippen molar-refractivity contribution >= 4 is 5.78 Å². The summed E-state index contributed by atoms with van der Waals surface area (Å²) < 4.78 is 0. The highest BCUT2D eigenvalue weighted by atomic mass is 16.3. The van der Waals surface area contributed by atoms with E-state index in [9.17, 15) is 9.90 Å². The van der Waals surface area contributed by atoms with E-state index in [-0.39, 0.29) is 33.7 Å². The van der Waals surface area contributed by atoms with Gasteiger partial charge in [0.05, 0.1) is 6.10 Å². The summed E-state index contributed by atoms with van der Waals surface area (Å²) >= 11 is 0. The summed E-state index contributed by atoms with van der Waals surface area (Å²) in [5.74, 6) is 2.34. The zero-order valence-electron chi connectivity index (χ0n) is 22.3. The van der Waals surface area contributed by atoms with Crippen LogP contribution in [-0.2, 0) is 4.79 Å². The van der Waals surface area contributed by atoms with Gasteiger partial charge in [0.15, 0.2) is 0 Å². The summed E-state index contributed by atoms with van der Waals surface area (Å²) in [6.45, 7) is 19.8. The first-order chi connectivity index (χ1) is 14.6. The van der Waals surface area contributed by atoms with Gasteiger partial charge in [0.2, 0.25) is 0 Å². The summed E-state index contributed by atoms with van der Waals surface area (Å²) in [4.78, 5) is 12.7. The molecule has 0 aromatic carbocycles. The first-order valence-electron chi connectivity index (χ1n) is 13.8. The molecule has 0 unspecified atom stereocenters. The Morgan fingerprint density at radius 1 is 0.750 bits per heavy atom. The van der Waals surface area contributed by atoms with Crippen molar-refractivity contribution in [3.05, 3.63) is 0 Å². The van der Waals surface area contributed by atoms with Crippen LogP contribution in [0.1, 0.15) is 120 Å². The molecule has 5 rings (SSSR count). The normalized spacial score (nSPS) is 59.4. The van der Waals surface area contributed by atoms with Gasteiger partial charge in [0.25, 0.3) is 0 Å².